The summed E-state index contributed by atoms with van der Waals surface area (Å²) in [6.45, 7) is 0. The third-order valence-electron chi connectivity index (χ3n) is 7.96. The normalized spacial score (nSPS) is 11.7. The lowest BCUT2D eigenvalue weighted by atomic mass is 10.0. The first-order chi connectivity index (χ1) is 19.4. The van der Waals surface area contributed by atoms with Crippen LogP contribution in [0.4, 0.5) is 0 Å². The highest BCUT2D eigenvalue weighted by molar-refractivity contribution is 6.10. The molecule has 2 heteroatoms. The molecule has 0 aliphatic heterocycles. The van der Waals surface area contributed by atoms with Crippen molar-refractivity contribution in [1.82, 2.24) is 9.13 Å². The van der Waals surface area contributed by atoms with Gasteiger partial charge in [0.15, 0.2) is 0 Å². The number of rotatable bonds is 4. The van der Waals surface area contributed by atoms with Gasteiger partial charge in [-0.3, -0.25) is 0 Å². The molecule has 0 saturated carbocycles. The number of hydrogen-bond donors (Lipinski definition) is 0. The number of para-hydroxylation sites is 5. The summed E-state index contributed by atoms with van der Waals surface area (Å²) in [6, 6.07) is 52.7. The quantitative estimate of drug-likeness (QED) is 0.229. The van der Waals surface area contributed by atoms with Crippen LogP contribution in [0.1, 0.15) is 11.1 Å². The second-order valence-corrected chi connectivity index (χ2v) is 10.2. The van der Waals surface area contributed by atoms with Crippen LogP contribution in [0.5, 0.6) is 0 Å². The minimum atomic E-state index is 0.859. The summed E-state index contributed by atoms with van der Waals surface area (Å²) in [5.41, 5.74) is 10.0. The molecule has 0 atom stereocenters. The number of aromatic nitrogens is 2. The summed E-state index contributed by atoms with van der Waals surface area (Å²) in [6.07, 6.45) is 0.859. The van der Waals surface area contributed by atoms with E-state index in [1.807, 2.05) is 0 Å². The van der Waals surface area contributed by atoms with E-state index in [0.717, 1.165) is 6.42 Å². The third-order valence-corrected chi connectivity index (χ3v) is 7.96. The van der Waals surface area contributed by atoms with Gasteiger partial charge in [0.05, 0.1) is 22.1 Å². The number of benzene rings is 6. The van der Waals surface area contributed by atoms with Crippen molar-refractivity contribution < 1.29 is 0 Å². The molecule has 0 aliphatic carbocycles. The molecule has 39 heavy (non-hydrogen) atoms. The zero-order valence-corrected chi connectivity index (χ0v) is 21.5. The highest BCUT2D eigenvalue weighted by atomic mass is 15.0. The average molecular weight is 499 g/mol. The first-order valence-electron chi connectivity index (χ1n) is 13.5. The van der Waals surface area contributed by atoms with Crippen molar-refractivity contribution in [1.29, 1.82) is 0 Å². The van der Waals surface area contributed by atoms with Gasteiger partial charge in [-0.25, -0.2) is 0 Å². The summed E-state index contributed by atoms with van der Waals surface area (Å²) in [7, 11) is 0. The summed E-state index contributed by atoms with van der Waals surface area (Å²) in [5, 5.41) is 5.16. The predicted octanol–water partition coefficient (Wildman–Crippen LogP) is 9.47. The van der Waals surface area contributed by atoms with Gasteiger partial charge < -0.3 is 9.13 Å². The molecule has 2 aromatic heterocycles. The molecule has 8 rings (SSSR count). The van der Waals surface area contributed by atoms with E-state index in [0.29, 0.717) is 0 Å². The predicted molar refractivity (Wildman–Crippen MR) is 164 cm³/mol. The van der Waals surface area contributed by atoms with Crippen molar-refractivity contribution in [2.75, 3.05) is 0 Å². The van der Waals surface area contributed by atoms with Gasteiger partial charge in [-0.15, -0.1) is 0 Å². The molecule has 2 nitrogen and oxygen atoms in total. The Morgan fingerprint density at radius 1 is 0.385 bits per heavy atom. The van der Waals surface area contributed by atoms with Crippen LogP contribution in [-0.4, -0.2) is 9.13 Å². The van der Waals surface area contributed by atoms with Crippen LogP contribution in [0.15, 0.2) is 146 Å². The lowest BCUT2D eigenvalue weighted by Crippen LogP contribution is -2.00. The average Bonchev–Trinajstić information content (AvgIpc) is 3.51. The SMILES string of the molecule is c1ccc(-n2c3ccccc3c3cc(Cc4ccccc4-n4c5ccccc5c5ccccc54)ccc32)cc1. The van der Waals surface area contributed by atoms with E-state index in [2.05, 4.69) is 155 Å². The first kappa shape index (κ1) is 22.0. The fourth-order valence-corrected chi connectivity index (χ4v) is 6.27. The molecule has 184 valence electrons. The second kappa shape index (κ2) is 8.75. The van der Waals surface area contributed by atoms with Gasteiger partial charge in [-0.2, -0.15) is 0 Å². The van der Waals surface area contributed by atoms with Crippen molar-refractivity contribution in [2.45, 2.75) is 6.42 Å². The fourth-order valence-electron chi connectivity index (χ4n) is 6.27. The Morgan fingerprint density at radius 2 is 0.897 bits per heavy atom. The van der Waals surface area contributed by atoms with Crippen molar-refractivity contribution in [3.05, 3.63) is 157 Å². The largest absolute Gasteiger partial charge is 0.309 e. The Hall–Kier alpha value is -5.08. The lowest BCUT2D eigenvalue weighted by molar-refractivity contribution is 1.09. The standard InChI is InChI=1S/C37H26N2/c1-2-13-28(14-3-1)38-34-19-9-7-17-31(34)32-25-26(22-23-37(32)38)24-27-12-4-8-18-33(27)39-35-20-10-5-15-29(35)30-16-6-11-21-36(30)39/h1-23,25H,24H2. The van der Waals surface area contributed by atoms with Crippen molar-refractivity contribution in [3.63, 3.8) is 0 Å². The Balaban J connectivity index is 1.30. The van der Waals surface area contributed by atoms with Crippen LogP contribution in [0.2, 0.25) is 0 Å². The van der Waals surface area contributed by atoms with Gasteiger partial charge in [0.2, 0.25) is 0 Å². The van der Waals surface area contributed by atoms with Gasteiger partial charge in [0, 0.05) is 32.9 Å². The first-order valence-corrected chi connectivity index (χ1v) is 13.5. The molecule has 0 amide bonds. The Labute approximate surface area is 227 Å². The molecule has 0 N–H and O–H groups in total. The second-order valence-electron chi connectivity index (χ2n) is 10.2. The van der Waals surface area contributed by atoms with Crippen molar-refractivity contribution in [3.8, 4) is 11.4 Å². The Morgan fingerprint density at radius 3 is 1.59 bits per heavy atom. The molecule has 0 fully saturated rings. The van der Waals surface area contributed by atoms with Crippen LogP contribution < -0.4 is 0 Å². The molecule has 0 bridgehead atoms. The van der Waals surface area contributed by atoms with Gasteiger partial charge in [0.25, 0.3) is 0 Å². The molecule has 0 aliphatic rings. The Kier molecular flexibility index (Phi) is 4.92. The molecule has 0 spiro atoms. The van der Waals surface area contributed by atoms with E-state index in [1.54, 1.807) is 0 Å². The number of fused-ring (bicyclic) bond motifs is 6. The molecule has 2 heterocycles. The smallest absolute Gasteiger partial charge is 0.0541 e. The van der Waals surface area contributed by atoms with E-state index in [-0.39, 0.29) is 0 Å². The van der Waals surface area contributed by atoms with E-state index in [4.69, 9.17) is 0 Å². The molecule has 6 aromatic carbocycles. The maximum atomic E-state index is 2.43. The van der Waals surface area contributed by atoms with Crippen LogP contribution in [-0.2, 0) is 6.42 Å². The molecule has 0 radical (unpaired) electrons. The highest BCUT2D eigenvalue weighted by Gasteiger charge is 2.16. The minimum Gasteiger partial charge on any atom is -0.309 e. The van der Waals surface area contributed by atoms with Crippen LogP contribution in [0.3, 0.4) is 0 Å². The van der Waals surface area contributed by atoms with Gasteiger partial charge in [-0.05, 0) is 66.1 Å². The van der Waals surface area contributed by atoms with E-state index >= 15 is 0 Å². The zero-order valence-electron chi connectivity index (χ0n) is 21.5. The van der Waals surface area contributed by atoms with Gasteiger partial charge >= 0.3 is 0 Å². The van der Waals surface area contributed by atoms with Gasteiger partial charge in [-0.1, -0.05) is 97.1 Å². The number of hydrogen-bond acceptors (Lipinski definition) is 0. The highest BCUT2D eigenvalue weighted by Crippen LogP contribution is 2.35. The monoisotopic (exact) mass is 498 g/mol. The maximum absolute atomic E-state index is 2.43. The maximum Gasteiger partial charge on any atom is 0.0541 e. The van der Waals surface area contributed by atoms with E-state index in [9.17, 15) is 0 Å². The molecule has 0 unspecified atom stereocenters. The third kappa shape index (κ3) is 3.42. The molecule has 8 aromatic rings. The summed E-state index contributed by atoms with van der Waals surface area (Å²) < 4.78 is 4.81. The van der Waals surface area contributed by atoms with E-state index in [1.165, 1.54) is 66.1 Å². The fraction of sp³-hybridized carbons (Fsp3) is 0.0270. The van der Waals surface area contributed by atoms with Crippen LogP contribution in [0.25, 0.3) is 55.0 Å². The lowest BCUT2D eigenvalue weighted by Gasteiger charge is -2.14. The molecular formula is C37H26N2. The number of nitrogens with zero attached hydrogens (tertiary/aromatic N) is 2. The van der Waals surface area contributed by atoms with Crippen molar-refractivity contribution >= 4 is 43.6 Å². The minimum absolute atomic E-state index is 0.859. The summed E-state index contributed by atoms with van der Waals surface area (Å²) in [5.74, 6) is 0. The summed E-state index contributed by atoms with van der Waals surface area (Å²) in [4.78, 5) is 0. The Bertz CT molecular complexity index is 2090. The molecular weight excluding hydrogens is 472 g/mol. The van der Waals surface area contributed by atoms with E-state index < -0.39 is 0 Å². The van der Waals surface area contributed by atoms with Crippen LogP contribution >= 0.6 is 0 Å². The van der Waals surface area contributed by atoms with Gasteiger partial charge in [0.1, 0.15) is 0 Å². The topological polar surface area (TPSA) is 9.86 Å². The van der Waals surface area contributed by atoms with Crippen molar-refractivity contribution in [2.24, 2.45) is 0 Å². The summed E-state index contributed by atoms with van der Waals surface area (Å²) >= 11 is 0. The van der Waals surface area contributed by atoms with Crippen LogP contribution in [0, 0.1) is 0 Å². The molecule has 0 saturated heterocycles. The zero-order chi connectivity index (χ0) is 25.8.